The lowest BCUT2D eigenvalue weighted by atomic mass is 9.89. The molecule has 0 fully saturated rings. The van der Waals surface area contributed by atoms with Gasteiger partial charge in [-0.25, -0.2) is 0 Å². The molecule has 2 heterocycles. The SMILES string of the molecule is CCN=Cc1cc2c3c(c1O)CCCN3CCC2. The molecule has 0 bridgehead atoms. The van der Waals surface area contributed by atoms with Gasteiger partial charge in [-0.3, -0.25) is 4.99 Å². The maximum atomic E-state index is 10.4. The number of aryl methyl sites for hydroxylation is 1. The largest absolute Gasteiger partial charge is 0.507 e. The number of phenols is 1. The summed E-state index contributed by atoms with van der Waals surface area (Å²) in [6.45, 7) is 5.05. The Kier molecular flexibility index (Phi) is 2.98. The van der Waals surface area contributed by atoms with E-state index in [4.69, 9.17) is 0 Å². The van der Waals surface area contributed by atoms with Crippen molar-refractivity contribution < 1.29 is 5.11 Å². The summed E-state index contributed by atoms with van der Waals surface area (Å²) < 4.78 is 0. The number of anilines is 1. The highest BCUT2D eigenvalue weighted by Gasteiger charge is 2.27. The summed E-state index contributed by atoms with van der Waals surface area (Å²) in [6, 6.07) is 2.13. The van der Waals surface area contributed by atoms with E-state index in [2.05, 4.69) is 16.0 Å². The topological polar surface area (TPSA) is 35.8 Å². The lowest BCUT2D eigenvalue weighted by molar-refractivity contribution is 0.461. The zero-order chi connectivity index (χ0) is 12.5. The first-order valence-corrected chi connectivity index (χ1v) is 6.93. The molecule has 1 N–H and O–H groups in total. The third-order valence-electron chi connectivity index (χ3n) is 3.94. The van der Waals surface area contributed by atoms with Crippen LogP contribution in [0, 0.1) is 0 Å². The number of rotatable bonds is 2. The molecule has 0 amide bonds. The Hall–Kier alpha value is -1.51. The van der Waals surface area contributed by atoms with Crippen LogP contribution in [-0.2, 0) is 12.8 Å². The first-order chi connectivity index (χ1) is 8.81. The molecule has 96 valence electrons. The zero-order valence-corrected chi connectivity index (χ0v) is 10.9. The monoisotopic (exact) mass is 244 g/mol. The molecule has 18 heavy (non-hydrogen) atoms. The average molecular weight is 244 g/mol. The Morgan fingerprint density at radius 1 is 1.33 bits per heavy atom. The predicted molar refractivity (Wildman–Crippen MR) is 75.1 cm³/mol. The van der Waals surface area contributed by atoms with Crippen molar-refractivity contribution in [2.45, 2.75) is 32.6 Å². The van der Waals surface area contributed by atoms with Crippen molar-refractivity contribution >= 4 is 11.9 Å². The fourth-order valence-electron chi connectivity index (χ4n) is 3.16. The van der Waals surface area contributed by atoms with Crippen molar-refractivity contribution in [1.82, 2.24) is 0 Å². The van der Waals surface area contributed by atoms with Crippen LogP contribution in [0.25, 0.3) is 0 Å². The van der Waals surface area contributed by atoms with E-state index in [-0.39, 0.29) is 0 Å². The molecule has 0 radical (unpaired) electrons. The third kappa shape index (κ3) is 1.78. The summed E-state index contributed by atoms with van der Waals surface area (Å²) in [5, 5.41) is 10.4. The summed E-state index contributed by atoms with van der Waals surface area (Å²) in [7, 11) is 0. The van der Waals surface area contributed by atoms with E-state index in [1.54, 1.807) is 0 Å². The minimum absolute atomic E-state index is 0.456. The van der Waals surface area contributed by atoms with Gasteiger partial charge in [-0.2, -0.15) is 0 Å². The Morgan fingerprint density at radius 3 is 2.89 bits per heavy atom. The molecule has 3 rings (SSSR count). The summed E-state index contributed by atoms with van der Waals surface area (Å²) >= 11 is 0. The van der Waals surface area contributed by atoms with E-state index in [0.717, 1.165) is 50.0 Å². The van der Waals surface area contributed by atoms with Gasteiger partial charge in [-0.15, -0.1) is 0 Å². The van der Waals surface area contributed by atoms with Gasteiger partial charge in [0.05, 0.1) is 0 Å². The first-order valence-electron chi connectivity index (χ1n) is 6.93. The van der Waals surface area contributed by atoms with Gasteiger partial charge in [0.15, 0.2) is 0 Å². The van der Waals surface area contributed by atoms with Crippen molar-refractivity contribution in [2.75, 3.05) is 24.5 Å². The number of aliphatic imine (C=N–C) groups is 1. The van der Waals surface area contributed by atoms with E-state index in [0.29, 0.717) is 5.75 Å². The molecule has 2 aliphatic heterocycles. The lowest BCUT2D eigenvalue weighted by Gasteiger charge is -2.37. The molecule has 0 spiro atoms. The van der Waals surface area contributed by atoms with Gasteiger partial charge in [0, 0.05) is 42.7 Å². The van der Waals surface area contributed by atoms with Crippen LogP contribution < -0.4 is 4.90 Å². The van der Waals surface area contributed by atoms with Crippen molar-refractivity contribution in [2.24, 2.45) is 4.99 Å². The minimum Gasteiger partial charge on any atom is -0.507 e. The predicted octanol–water partition coefficient (Wildman–Crippen LogP) is 2.53. The molecule has 3 nitrogen and oxygen atoms in total. The number of phenolic OH excluding ortho intramolecular Hbond substituents is 1. The lowest BCUT2D eigenvalue weighted by Crippen LogP contribution is -2.34. The molecule has 0 saturated carbocycles. The second-order valence-corrected chi connectivity index (χ2v) is 5.12. The highest BCUT2D eigenvalue weighted by molar-refractivity contribution is 5.87. The van der Waals surface area contributed by atoms with E-state index in [1.165, 1.54) is 17.7 Å². The number of nitrogens with zero attached hydrogens (tertiary/aromatic N) is 2. The quantitative estimate of drug-likeness (QED) is 0.811. The fourth-order valence-corrected chi connectivity index (χ4v) is 3.16. The van der Waals surface area contributed by atoms with E-state index >= 15 is 0 Å². The summed E-state index contributed by atoms with van der Waals surface area (Å²) in [5.41, 5.74) is 4.76. The molecular weight excluding hydrogens is 224 g/mol. The van der Waals surface area contributed by atoms with Crippen LogP contribution >= 0.6 is 0 Å². The Morgan fingerprint density at radius 2 is 2.11 bits per heavy atom. The second-order valence-electron chi connectivity index (χ2n) is 5.12. The van der Waals surface area contributed by atoms with E-state index < -0.39 is 0 Å². The zero-order valence-electron chi connectivity index (χ0n) is 10.9. The smallest absolute Gasteiger partial charge is 0.129 e. The minimum atomic E-state index is 0.456. The number of aromatic hydroxyl groups is 1. The van der Waals surface area contributed by atoms with Crippen LogP contribution in [0.1, 0.15) is 36.5 Å². The van der Waals surface area contributed by atoms with Crippen LogP contribution in [0.15, 0.2) is 11.1 Å². The molecule has 1 aromatic carbocycles. The molecule has 0 unspecified atom stereocenters. The molecule has 2 aliphatic rings. The normalized spacial score (nSPS) is 18.2. The van der Waals surface area contributed by atoms with Gasteiger partial charge in [-0.1, -0.05) is 0 Å². The Balaban J connectivity index is 2.14. The van der Waals surface area contributed by atoms with E-state index in [1.807, 2.05) is 13.1 Å². The standard InChI is InChI=1S/C15H20N2O/c1-2-16-10-12-9-11-5-3-7-17-8-4-6-13(14(11)17)15(12)18/h9-10,18H,2-8H2,1H3. The van der Waals surface area contributed by atoms with Crippen LogP contribution in [0.5, 0.6) is 5.75 Å². The van der Waals surface area contributed by atoms with E-state index in [9.17, 15) is 5.11 Å². The van der Waals surface area contributed by atoms with Crippen molar-refractivity contribution in [1.29, 1.82) is 0 Å². The fraction of sp³-hybridized carbons (Fsp3) is 0.533. The molecule has 0 saturated heterocycles. The molecule has 0 aliphatic carbocycles. The first kappa shape index (κ1) is 11.6. The van der Waals surface area contributed by atoms with Gasteiger partial charge in [-0.05, 0) is 44.2 Å². The number of hydrogen-bond donors (Lipinski definition) is 1. The summed E-state index contributed by atoms with van der Waals surface area (Å²) in [5.74, 6) is 0.456. The average Bonchev–Trinajstić information content (AvgIpc) is 2.41. The van der Waals surface area contributed by atoms with Crippen molar-refractivity contribution in [3.8, 4) is 5.75 Å². The maximum absolute atomic E-state index is 10.4. The van der Waals surface area contributed by atoms with Crippen LogP contribution in [-0.4, -0.2) is 31.0 Å². The molecule has 0 atom stereocenters. The van der Waals surface area contributed by atoms with Gasteiger partial charge in [0.25, 0.3) is 0 Å². The van der Waals surface area contributed by atoms with Crippen LogP contribution in [0.3, 0.4) is 0 Å². The molecule has 0 aromatic heterocycles. The number of benzene rings is 1. The Bertz CT molecular complexity index is 492. The maximum Gasteiger partial charge on any atom is 0.129 e. The molecular formula is C15H20N2O. The third-order valence-corrected chi connectivity index (χ3v) is 3.94. The van der Waals surface area contributed by atoms with Crippen LogP contribution in [0.4, 0.5) is 5.69 Å². The van der Waals surface area contributed by atoms with Crippen molar-refractivity contribution in [3.05, 3.63) is 22.8 Å². The number of hydrogen-bond acceptors (Lipinski definition) is 3. The molecule has 1 aromatic rings. The van der Waals surface area contributed by atoms with Crippen LogP contribution in [0.2, 0.25) is 0 Å². The summed E-state index contributed by atoms with van der Waals surface area (Å²) in [4.78, 5) is 6.71. The van der Waals surface area contributed by atoms with Gasteiger partial charge >= 0.3 is 0 Å². The highest BCUT2D eigenvalue weighted by atomic mass is 16.3. The molecule has 3 heteroatoms. The highest BCUT2D eigenvalue weighted by Crippen LogP contribution is 2.41. The van der Waals surface area contributed by atoms with Gasteiger partial charge in [0.2, 0.25) is 0 Å². The Labute approximate surface area is 108 Å². The summed E-state index contributed by atoms with van der Waals surface area (Å²) in [6.07, 6.45) is 6.32. The van der Waals surface area contributed by atoms with Crippen molar-refractivity contribution in [3.63, 3.8) is 0 Å². The van der Waals surface area contributed by atoms with Gasteiger partial charge in [0.1, 0.15) is 5.75 Å². The second kappa shape index (κ2) is 4.63. The van der Waals surface area contributed by atoms with Gasteiger partial charge < -0.3 is 10.0 Å².